The first-order valence-corrected chi connectivity index (χ1v) is 10.5. The van der Waals surface area contributed by atoms with Crippen molar-refractivity contribution in [3.8, 4) is 0 Å². The highest BCUT2D eigenvalue weighted by atomic mass is 35.5. The molecule has 1 fully saturated rings. The third kappa shape index (κ3) is 5.05. The number of rotatable bonds is 5. The fourth-order valence-corrected chi connectivity index (χ4v) is 4.47. The highest BCUT2D eigenvalue weighted by Gasteiger charge is 2.22. The number of thiophene rings is 1. The van der Waals surface area contributed by atoms with Gasteiger partial charge in [0, 0.05) is 36.1 Å². The first-order chi connectivity index (χ1) is 12.0. The van der Waals surface area contributed by atoms with Crippen molar-refractivity contribution < 1.29 is 13.2 Å². The van der Waals surface area contributed by atoms with Gasteiger partial charge < -0.3 is 10.6 Å². The lowest BCUT2D eigenvalue weighted by Crippen LogP contribution is -2.42. The van der Waals surface area contributed by atoms with Gasteiger partial charge in [0.1, 0.15) is 0 Å². The number of amides is 1. The number of sulfonamides is 1. The number of benzene rings is 1. The average Bonchev–Trinajstić information content (AvgIpc) is 3.14. The highest BCUT2D eigenvalue weighted by Crippen LogP contribution is 2.16. The summed E-state index contributed by atoms with van der Waals surface area (Å²) in [7, 11) is -3.60. The molecule has 1 aromatic heterocycles. The highest BCUT2D eigenvalue weighted by molar-refractivity contribution is 7.89. The van der Waals surface area contributed by atoms with Crippen LogP contribution in [0, 0.1) is 0 Å². The molecule has 9 heteroatoms. The second kappa shape index (κ2) is 8.96. The Kier molecular flexibility index (Phi) is 7.19. The Labute approximate surface area is 163 Å². The standard InChI is InChI=1S/C17H21N3O3S2.ClH/c18-14-7-9-20(10-8-14)17(21)13-3-5-16(6-4-13)25(22,23)19-12-15-2-1-11-24-15;/h1-6,11,14,19H,7-10,12,18H2;1H. The number of piperidine rings is 1. The van der Waals surface area contributed by atoms with Gasteiger partial charge in [0.2, 0.25) is 10.0 Å². The monoisotopic (exact) mass is 415 g/mol. The Hall–Kier alpha value is -1.45. The maximum atomic E-state index is 12.5. The molecule has 2 heterocycles. The number of carbonyl (C=O) groups is 1. The van der Waals surface area contributed by atoms with Crippen molar-refractivity contribution in [3.05, 3.63) is 52.2 Å². The molecule has 26 heavy (non-hydrogen) atoms. The molecule has 0 aliphatic carbocycles. The maximum absolute atomic E-state index is 12.5. The molecule has 0 saturated carbocycles. The van der Waals surface area contributed by atoms with Crippen molar-refractivity contribution in [1.29, 1.82) is 0 Å². The molecular weight excluding hydrogens is 394 g/mol. The van der Waals surface area contributed by atoms with Crippen LogP contribution < -0.4 is 10.5 Å². The minimum Gasteiger partial charge on any atom is -0.339 e. The fraction of sp³-hybridized carbons (Fsp3) is 0.353. The number of nitrogens with two attached hydrogens (primary N) is 1. The first-order valence-electron chi connectivity index (χ1n) is 8.13. The largest absolute Gasteiger partial charge is 0.339 e. The summed E-state index contributed by atoms with van der Waals surface area (Å²) in [4.78, 5) is 15.3. The van der Waals surface area contributed by atoms with Crippen molar-refractivity contribution in [3.63, 3.8) is 0 Å². The van der Waals surface area contributed by atoms with E-state index in [1.807, 2.05) is 17.5 Å². The van der Waals surface area contributed by atoms with Gasteiger partial charge in [-0.05, 0) is 48.6 Å². The van der Waals surface area contributed by atoms with Crippen molar-refractivity contribution in [2.75, 3.05) is 13.1 Å². The lowest BCUT2D eigenvalue weighted by molar-refractivity contribution is 0.0714. The molecule has 0 unspecified atom stereocenters. The van der Waals surface area contributed by atoms with E-state index in [1.165, 1.54) is 23.5 Å². The van der Waals surface area contributed by atoms with Crippen LogP contribution in [-0.2, 0) is 16.6 Å². The minimum atomic E-state index is -3.60. The van der Waals surface area contributed by atoms with Gasteiger partial charge in [-0.25, -0.2) is 13.1 Å². The van der Waals surface area contributed by atoms with Gasteiger partial charge >= 0.3 is 0 Å². The Morgan fingerprint density at radius 2 is 1.85 bits per heavy atom. The Morgan fingerprint density at radius 3 is 2.42 bits per heavy atom. The minimum absolute atomic E-state index is 0. The van der Waals surface area contributed by atoms with Crippen LogP contribution in [0.1, 0.15) is 28.1 Å². The molecule has 1 aromatic carbocycles. The molecule has 3 N–H and O–H groups in total. The van der Waals surface area contributed by atoms with E-state index in [4.69, 9.17) is 5.73 Å². The number of nitrogens with zero attached hydrogens (tertiary/aromatic N) is 1. The summed E-state index contributed by atoms with van der Waals surface area (Å²) >= 11 is 1.50. The van der Waals surface area contributed by atoms with Gasteiger partial charge in [-0.15, -0.1) is 23.7 Å². The third-order valence-electron chi connectivity index (χ3n) is 4.25. The van der Waals surface area contributed by atoms with Gasteiger partial charge in [0.25, 0.3) is 5.91 Å². The second-order valence-electron chi connectivity index (χ2n) is 6.06. The van der Waals surface area contributed by atoms with Gasteiger partial charge in [-0.3, -0.25) is 4.79 Å². The molecule has 0 radical (unpaired) electrons. The lowest BCUT2D eigenvalue weighted by atomic mass is 10.1. The van der Waals surface area contributed by atoms with Crippen LogP contribution in [0.3, 0.4) is 0 Å². The second-order valence-corrected chi connectivity index (χ2v) is 8.86. The Bertz CT molecular complexity index is 815. The quantitative estimate of drug-likeness (QED) is 0.783. The molecule has 2 aromatic rings. The van der Waals surface area contributed by atoms with E-state index in [0.29, 0.717) is 18.7 Å². The molecule has 0 bridgehead atoms. The summed E-state index contributed by atoms with van der Waals surface area (Å²) in [5, 5.41) is 1.90. The van der Waals surface area contributed by atoms with Crippen molar-refractivity contribution in [2.45, 2.75) is 30.3 Å². The van der Waals surface area contributed by atoms with Crippen LogP contribution in [-0.4, -0.2) is 38.4 Å². The number of hydrogen-bond acceptors (Lipinski definition) is 5. The van der Waals surface area contributed by atoms with Crippen LogP contribution in [0.5, 0.6) is 0 Å². The summed E-state index contributed by atoms with van der Waals surface area (Å²) in [6.07, 6.45) is 1.59. The topological polar surface area (TPSA) is 92.5 Å². The Morgan fingerprint density at radius 1 is 1.19 bits per heavy atom. The van der Waals surface area contributed by atoms with E-state index < -0.39 is 10.0 Å². The summed E-state index contributed by atoms with van der Waals surface area (Å²) in [6, 6.07) is 9.99. The normalized spacial score (nSPS) is 15.5. The lowest BCUT2D eigenvalue weighted by Gasteiger charge is -2.30. The van der Waals surface area contributed by atoms with E-state index >= 15 is 0 Å². The van der Waals surface area contributed by atoms with Gasteiger partial charge in [0.15, 0.2) is 0 Å². The van der Waals surface area contributed by atoms with Crippen LogP contribution in [0.2, 0.25) is 0 Å². The molecule has 6 nitrogen and oxygen atoms in total. The summed E-state index contributed by atoms with van der Waals surface area (Å²) in [5.74, 6) is -0.0811. The summed E-state index contributed by atoms with van der Waals surface area (Å²) < 4.78 is 27.2. The average molecular weight is 416 g/mol. The molecule has 1 amide bonds. The molecule has 1 saturated heterocycles. The smallest absolute Gasteiger partial charge is 0.253 e. The van der Waals surface area contributed by atoms with Gasteiger partial charge in [0.05, 0.1) is 4.90 Å². The number of hydrogen-bond donors (Lipinski definition) is 2. The van der Waals surface area contributed by atoms with E-state index in [0.717, 1.165) is 17.7 Å². The van der Waals surface area contributed by atoms with Crippen molar-refractivity contribution >= 4 is 39.7 Å². The fourth-order valence-electron chi connectivity index (χ4n) is 2.72. The SMILES string of the molecule is Cl.NC1CCN(C(=O)c2ccc(S(=O)(=O)NCc3cccs3)cc2)CC1. The summed E-state index contributed by atoms with van der Waals surface area (Å²) in [6.45, 7) is 1.54. The molecule has 0 spiro atoms. The van der Waals surface area contributed by atoms with Crippen LogP contribution in [0.25, 0.3) is 0 Å². The number of nitrogens with one attached hydrogen (secondary N) is 1. The van der Waals surface area contributed by atoms with Crippen LogP contribution in [0.15, 0.2) is 46.7 Å². The van der Waals surface area contributed by atoms with Gasteiger partial charge in [-0.1, -0.05) is 6.07 Å². The molecule has 1 aliphatic rings. The van der Waals surface area contributed by atoms with Crippen LogP contribution >= 0.6 is 23.7 Å². The van der Waals surface area contributed by atoms with Crippen molar-refractivity contribution in [2.24, 2.45) is 5.73 Å². The molecule has 1 aliphatic heterocycles. The van der Waals surface area contributed by atoms with Gasteiger partial charge in [-0.2, -0.15) is 0 Å². The zero-order valence-electron chi connectivity index (χ0n) is 14.1. The Balaban J connectivity index is 0.00000243. The van der Waals surface area contributed by atoms with E-state index in [-0.39, 0.29) is 35.8 Å². The summed E-state index contributed by atoms with van der Waals surface area (Å²) in [5.41, 5.74) is 6.35. The zero-order chi connectivity index (χ0) is 17.9. The predicted molar refractivity (Wildman–Crippen MR) is 105 cm³/mol. The maximum Gasteiger partial charge on any atom is 0.253 e. The van der Waals surface area contributed by atoms with Crippen molar-refractivity contribution in [1.82, 2.24) is 9.62 Å². The third-order valence-corrected chi connectivity index (χ3v) is 6.55. The van der Waals surface area contributed by atoms with E-state index in [2.05, 4.69) is 4.72 Å². The predicted octanol–water partition coefficient (Wildman–Crippen LogP) is 2.21. The first kappa shape index (κ1) is 20.9. The molecule has 0 atom stereocenters. The van der Waals surface area contributed by atoms with E-state index in [1.54, 1.807) is 17.0 Å². The number of halogens is 1. The van der Waals surface area contributed by atoms with E-state index in [9.17, 15) is 13.2 Å². The molecule has 3 rings (SSSR count). The molecule has 142 valence electrons. The zero-order valence-corrected chi connectivity index (χ0v) is 16.6. The number of carbonyl (C=O) groups excluding carboxylic acids is 1. The molecular formula is C17H22ClN3O3S2. The number of likely N-dealkylation sites (tertiary alicyclic amines) is 1. The van der Waals surface area contributed by atoms with Crippen LogP contribution in [0.4, 0.5) is 0 Å².